The highest BCUT2D eigenvalue weighted by atomic mass is 35.5. The fraction of sp³-hybridized carbons (Fsp3) is 0.321. The van der Waals surface area contributed by atoms with Crippen molar-refractivity contribution in [1.82, 2.24) is 4.98 Å². The second-order valence-corrected chi connectivity index (χ2v) is 10.2. The van der Waals surface area contributed by atoms with Gasteiger partial charge in [0.25, 0.3) is 5.91 Å². The van der Waals surface area contributed by atoms with Gasteiger partial charge in [0.2, 0.25) is 0 Å². The second-order valence-electron chi connectivity index (χ2n) is 8.49. The molecule has 0 aliphatic carbocycles. The van der Waals surface area contributed by atoms with E-state index < -0.39 is 11.9 Å². The fourth-order valence-corrected chi connectivity index (χ4v) is 5.21. The Morgan fingerprint density at radius 1 is 1.21 bits per heavy atom. The van der Waals surface area contributed by atoms with Gasteiger partial charge >= 0.3 is 5.97 Å². The zero-order valence-electron chi connectivity index (χ0n) is 21.6. The number of aromatic nitrogens is 1. The zero-order chi connectivity index (χ0) is 27.8. The van der Waals surface area contributed by atoms with E-state index in [-0.39, 0.29) is 27.3 Å². The molecule has 1 heterocycles. The van der Waals surface area contributed by atoms with Gasteiger partial charge in [0.1, 0.15) is 5.75 Å². The molecule has 2 aromatic carbocycles. The largest absolute Gasteiger partial charge is 0.496 e. The number of hydrogen-bond acceptors (Lipinski definition) is 6. The lowest BCUT2D eigenvalue weighted by Gasteiger charge is -2.21. The number of carboxylic acids is 1. The van der Waals surface area contributed by atoms with Crippen LogP contribution in [0.1, 0.15) is 67.6 Å². The average molecular weight is 578 g/mol. The number of ether oxygens (including phenoxy) is 2. The Balaban J connectivity index is 1.86. The molecule has 0 bridgehead atoms. The Hall–Kier alpha value is -2.91. The van der Waals surface area contributed by atoms with Gasteiger partial charge in [0, 0.05) is 39.8 Å². The molecule has 38 heavy (non-hydrogen) atoms. The van der Waals surface area contributed by atoms with Gasteiger partial charge < -0.3 is 14.6 Å². The SMILES string of the molecule is CCCC[C@H](OCC)c1cccc(-c2csc(NC(=O)c3cc(Cl)c(/C=C(\C)C(=O)O)c(Cl)c3)n2)c1OC. The third kappa shape index (κ3) is 7.14. The number of methoxy groups -OCH3 is 1. The Bertz CT molecular complexity index is 1320. The molecule has 0 aliphatic rings. The number of para-hydroxylation sites is 1. The van der Waals surface area contributed by atoms with E-state index in [1.165, 1.54) is 36.5 Å². The van der Waals surface area contributed by atoms with Crippen molar-refractivity contribution in [3.63, 3.8) is 0 Å². The van der Waals surface area contributed by atoms with Crippen molar-refractivity contribution in [1.29, 1.82) is 0 Å². The van der Waals surface area contributed by atoms with Crippen LogP contribution in [-0.2, 0) is 9.53 Å². The first kappa shape index (κ1) is 29.6. The maximum absolute atomic E-state index is 12.9. The van der Waals surface area contributed by atoms with Crippen LogP contribution in [0.5, 0.6) is 5.75 Å². The monoisotopic (exact) mass is 576 g/mol. The molecule has 1 atom stereocenters. The van der Waals surface area contributed by atoms with Crippen LogP contribution in [-0.4, -0.2) is 35.7 Å². The number of thiazole rings is 1. The van der Waals surface area contributed by atoms with E-state index in [0.29, 0.717) is 28.7 Å². The Kier molecular flexibility index (Phi) is 10.7. The third-order valence-corrected chi connectivity index (χ3v) is 7.21. The van der Waals surface area contributed by atoms with Crippen molar-refractivity contribution in [2.45, 2.75) is 46.1 Å². The lowest BCUT2D eigenvalue weighted by molar-refractivity contribution is -0.132. The predicted octanol–water partition coefficient (Wildman–Crippen LogP) is 8.13. The predicted molar refractivity (Wildman–Crippen MR) is 154 cm³/mol. The summed E-state index contributed by atoms with van der Waals surface area (Å²) in [6.45, 7) is 6.16. The molecular weight excluding hydrogens is 547 g/mol. The molecule has 202 valence electrons. The number of nitrogens with one attached hydrogen (secondary N) is 1. The summed E-state index contributed by atoms with van der Waals surface area (Å²) in [5, 5.41) is 14.5. The first-order chi connectivity index (χ1) is 18.2. The lowest BCUT2D eigenvalue weighted by atomic mass is 9.99. The van der Waals surface area contributed by atoms with Crippen molar-refractivity contribution in [3.05, 3.63) is 68.0 Å². The number of amides is 1. The highest BCUT2D eigenvalue weighted by Crippen LogP contribution is 2.40. The summed E-state index contributed by atoms with van der Waals surface area (Å²) in [5.74, 6) is -0.837. The number of carboxylic acid groups (broad SMARTS) is 1. The minimum atomic E-state index is -1.09. The van der Waals surface area contributed by atoms with Gasteiger partial charge in [-0.1, -0.05) is 55.1 Å². The van der Waals surface area contributed by atoms with E-state index >= 15 is 0 Å². The summed E-state index contributed by atoms with van der Waals surface area (Å²) in [5.41, 5.74) is 3.05. The third-order valence-electron chi connectivity index (χ3n) is 5.82. The number of rotatable bonds is 12. The summed E-state index contributed by atoms with van der Waals surface area (Å²) in [6.07, 6.45) is 4.27. The van der Waals surface area contributed by atoms with Gasteiger partial charge in [0.15, 0.2) is 5.13 Å². The van der Waals surface area contributed by atoms with Crippen LogP contribution in [0.2, 0.25) is 10.0 Å². The minimum Gasteiger partial charge on any atom is -0.496 e. The van der Waals surface area contributed by atoms with Crippen LogP contribution in [0.15, 0.2) is 41.3 Å². The molecule has 0 fully saturated rings. The molecule has 2 N–H and O–H groups in total. The molecule has 10 heteroatoms. The van der Waals surface area contributed by atoms with Gasteiger partial charge in [-0.05, 0) is 44.5 Å². The molecule has 0 radical (unpaired) electrons. The van der Waals surface area contributed by atoms with Crippen LogP contribution in [0.25, 0.3) is 17.3 Å². The van der Waals surface area contributed by atoms with E-state index in [1.54, 1.807) is 7.11 Å². The van der Waals surface area contributed by atoms with Crippen molar-refractivity contribution in [3.8, 4) is 17.0 Å². The highest BCUT2D eigenvalue weighted by molar-refractivity contribution is 7.14. The number of carbonyl (C=O) groups excluding carboxylic acids is 1. The summed E-state index contributed by atoms with van der Waals surface area (Å²) in [7, 11) is 1.63. The van der Waals surface area contributed by atoms with Crippen molar-refractivity contribution in [2.24, 2.45) is 0 Å². The van der Waals surface area contributed by atoms with E-state index in [2.05, 4.69) is 17.2 Å². The molecule has 0 spiro atoms. The lowest BCUT2D eigenvalue weighted by Crippen LogP contribution is -2.12. The molecule has 1 aromatic heterocycles. The van der Waals surface area contributed by atoms with Gasteiger partial charge in [-0.2, -0.15) is 0 Å². The average Bonchev–Trinajstić information content (AvgIpc) is 3.35. The molecule has 7 nitrogen and oxygen atoms in total. The summed E-state index contributed by atoms with van der Waals surface area (Å²) in [6, 6.07) is 8.77. The van der Waals surface area contributed by atoms with Crippen LogP contribution < -0.4 is 10.1 Å². The molecular formula is C28H30Cl2N2O5S. The quantitative estimate of drug-likeness (QED) is 0.211. The number of halogens is 2. The number of benzene rings is 2. The van der Waals surface area contributed by atoms with E-state index in [0.717, 1.165) is 30.4 Å². The molecule has 3 aromatic rings. The number of anilines is 1. The number of unbranched alkanes of at least 4 members (excludes halogenated alkanes) is 1. The highest BCUT2D eigenvalue weighted by Gasteiger charge is 2.21. The van der Waals surface area contributed by atoms with Gasteiger partial charge in [-0.3, -0.25) is 10.1 Å². The molecule has 0 saturated heterocycles. The molecule has 0 aliphatic heterocycles. The molecule has 0 unspecified atom stereocenters. The minimum absolute atomic E-state index is 0.0683. The van der Waals surface area contributed by atoms with Gasteiger partial charge in [-0.25, -0.2) is 9.78 Å². The van der Waals surface area contributed by atoms with Crippen LogP contribution in [0, 0.1) is 0 Å². The fourth-order valence-electron chi connectivity index (χ4n) is 3.91. The Morgan fingerprint density at radius 3 is 2.53 bits per heavy atom. The summed E-state index contributed by atoms with van der Waals surface area (Å²) in [4.78, 5) is 28.7. The molecule has 3 rings (SSSR count). The zero-order valence-corrected chi connectivity index (χ0v) is 24.0. The van der Waals surface area contributed by atoms with Gasteiger partial charge in [-0.15, -0.1) is 11.3 Å². The number of nitrogens with zero attached hydrogens (tertiary/aromatic N) is 1. The van der Waals surface area contributed by atoms with Crippen LogP contribution in [0.4, 0.5) is 5.13 Å². The van der Waals surface area contributed by atoms with Crippen molar-refractivity contribution < 1.29 is 24.2 Å². The van der Waals surface area contributed by atoms with Crippen LogP contribution >= 0.6 is 34.5 Å². The standard InChI is InChI=1S/C28H30Cl2N2O5S/c1-5-7-11-24(37-6-2)19-10-8-9-18(25(19)36-4)23-15-38-28(31-23)32-26(33)17-13-21(29)20(22(30)14-17)12-16(3)27(34)35/h8-10,12-15,24H,5-7,11H2,1-4H3,(H,34,35)(H,31,32,33)/b16-12+/t24-/m0/s1. The Labute approximate surface area is 236 Å². The molecule has 0 saturated carbocycles. The first-order valence-electron chi connectivity index (χ1n) is 12.2. The van der Waals surface area contributed by atoms with E-state index in [4.69, 9.17) is 37.8 Å². The Morgan fingerprint density at radius 2 is 1.92 bits per heavy atom. The summed E-state index contributed by atoms with van der Waals surface area (Å²) >= 11 is 13.9. The van der Waals surface area contributed by atoms with Crippen LogP contribution in [0.3, 0.4) is 0 Å². The van der Waals surface area contributed by atoms with E-state index in [1.807, 2.05) is 30.5 Å². The topological polar surface area (TPSA) is 97.8 Å². The van der Waals surface area contributed by atoms with E-state index in [9.17, 15) is 9.59 Å². The summed E-state index contributed by atoms with van der Waals surface area (Å²) < 4.78 is 11.8. The number of carbonyl (C=O) groups is 2. The van der Waals surface area contributed by atoms with Crippen molar-refractivity contribution >= 4 is 57.6 Å². The smallest absolute Gasteiger partial charge is 0.331 e. The maximum Gasteiger partial charge on any atom is 0.331 e. The number of aliphatic carboxylic acids is 1. The normalized spacial score (nSPS) is 12.3. The van der Waals surface area contributed by atoms with Gasteiger partial charge in [0.05, 0.1) is 29.0 Å². The van der Waals surface area contributed by atoms with Crippen molar-refractivity contribution in [2.75, 3.05) is 19.0 Å². The molecule has 1 amide bonds. The second kappa shape index (κ2) is 13.8. The first-order valence-corrected chi connectivity index (χ1v) is 13.8. The number of hydrogen-bond donors (Lipinski definition) is 2. The maximum atomic E-state index is 12.9.